The lowest BCUT2D eigenvalue weighted by Crippen LogP contribution is -2.29. The Labute approximate surface area is 157 Å². The van der Waals surface area contributed by atoms with Gasteiger partial charge in [-0.1, -0.05) is 47.7 Å². The summed E-state index contributed by atoms with van der Waals surface area (Å²) in [5, 5.41) is 8.81. The van der Waals surface area contributed by atoms with E-state index in [4.69, 9.17) is 0 Å². The van der Waals surface area contributed by atoms with E-state index in [2.05, 4.69) is 42.5 Å². The molecular weight excluding hydrogens is 346 g/mol. The van der Waals surface area contributed by atoms with E-state index in [1.54, 1.807) is 0 Å². The second-order valence-electron chi connectivity index (χ2n) is 6.35. The summed E-state index contributed by atoms with van der Waals surface area (Å²) in [6, 6.07) is 13.7. The van der Waals surface area contributed by atoms with Gasteiger partial charge in [-0.2, -0.15) is 5.10 Å². The number of aryl methyl sites for hydroxylation is 2. The molecule has 1 aliphatic heterocycles. The van der Waals surface area contributed by atoms with Crippen LogP contribution >= 0.6 is 11.8 Å². The number of thioether (sulfide) groups is 1. The van der Waals surface area contributed by atoms with Gasteiger partial charge >= 0.3 is 5.24 Å². The van der Waals surface area contributed by atoms with Gasteiger partial charge in [-0.15, -0.1) is 0 Å². The number of nitrogens with one attached hydrogen (secondary N) is 1. The minimum Gasteiger partial charge on any atom is -0.326 e. The summed E-state index contributed by atoms with van der Waals surface area (Å²) < 4.78 is 0. The summed E-state index contributed by atoms with van der Waals surface area (Å²) in [6.45, 7) is 6.05. The number of nitrogens with zero attached hydrogens (tertiary/aromatic N) is 2. The molecule has 0 saturated heterocycles. The topological polar surface area (TPSA) is 61.8 Å². The lowest BCUT2D eigenvalue weighted by Gasteiger charge is -2.24. The van der Waals surface area contributed by atoms with Crippen LogP contribution in [0.4, 0.5) is 10.5 Å². The molecule has 2 aromatic rings. The van der Waals surface area contributed by atoms with Crippen LogP contribution in [0.5, 0.6) is 0 Å². The Balaban J connectivity index is 1.81. The molecule has 1 heterocycles. The molecule has 0 atom stereocenters. The molecular formula is C20H21N3O2S. The van der Waals surface area contributed by atoms with Crippen molar-refractivity contribution in [2.24, 2.45) is 5.10 Å². The van der Waals surface area contributed by atoms with Gasteiger partial charge in [-0.3, -0.25) is 9.59 Å². The summed E-state index contributed by atoms with van der Waals surface area (Å²) in [5.41, 5.74) is 6.00. The zero-order valence-electron chi connectivity index (χ0n) is 15.1. The summed E-state index contributed by atoms with van der Waals surface area (Å²) in [4.78, 5) is 23.4. The van der Waals surface area contributed by atoms with Gasteiger partial charge in [-0.25, -0.2) is 5.01 Å². The number of hydrogen-bond donors (Lipinski definition) is 1. The van der Waals surface area contributed by atoms with Crippen molar-refractivity contribution in [2.45, 2.75) is 27.3 Å². The largest absolute Gasteiger partial charge is 0.326 e. The predicted molar refractivity (Wildman–Crippen MR) is 107 cm³/mol. The number of benzene rings is 2. The summed E-state index contributed by atoms with van der Waals surface area (Å²) in [5.74, 6) is 0.440. The molecule has 1 N–H and O–H groups in total. The quantitative estimate of drug-likeness (QED) is 0.875. The molecule has 0 bridgehead atoms. The molecule has 0 aliphatic carbocycles. The lowest BCUT2D eigenvalue weighted by molar-refractivity contribution is -0.114. The van der Waals surface area contributed by atoms with Crippen molar-refractivity contribution in [3.8, 4) is 0 Å². The van der Waals surface area contributed by atoms with Crippen molar-refractivity contribution in [1.82, 2.24) is 5.01 Å². The van der Waals surface area contributed by atoms with Crippen LogP contribution in [0.3, 0.4) is 0 Å². The zero-order valence-corrected chi connectivity index (χ0v) is 15.9. The molecule has 5 nitrogen and oxygen atoms in total. The summed E-state index contributed by atoms with van der Waals surface area (Å²) in [7, 11) is 0. The number of hydrazone groups is 1. The molecule has 2 aromatic carbocycles. The summed E-state index contributed by atoms with van der Waals surface area (Å²) >= 11 is 1.26. The number of carbonyl (C=O) groups is 2. The second kappa shape index (κ2) is 7.74. The smallest absolute Gasteiger partial charge is 0.302 e. The Kier molecular flexibility index (Phi) is 5.42. The molecule has 3 rings (SSSR count). The highest BCUT2D eigenvalue weighted by Crippen LogP contribution is 2.23. The normalized spacial score (nSPS) is 14.2. The third kappa shape index (κ3) is 4.32. The molecule has 134 valence electrons. The number of anilines is 1. The number of hydrogen-bond acceptors (Lipinski definition) is 4. The maximum absolute atomic E-state index is 12.3. The Hall–Kier alpha value is -2.60. The van der Waals surface area contributed by atoms with Crippen molar-refractivity contribution < 1.29 is 9.59 Å². The van der Waals surface area contributed by atoms with Gasteiger partial charge < -0.3 is 5.32 Å². The van der Waals surface area contributed by atoms with Crippen LogP contribution in [0, 0.1) is 13.8 Å². The van der Waals surface area contributed by atoms with Gasteiger partial charge in [0.15, 0.2) is 0 Å². The van der Waals surface area contributed by atoms with Crippen LogP contribution < -0.4 is 5.32 Å². The van der Waals surface area contributed by atoms with Crippen molar-refractivity contribution in [3.05, 3.63) is 64.7 Å². The Morgan fingerprint density at radius 3 is 2.58 bits per heavy atom. The highest BCUT2D eigenvalue weighted by molar-refractivity contribution is 8.14. The van der Waals surface area contributed by atoms with E-state index in [0.29, 0.717) is 12.3 Å². The standard InChI is InChI=1S/C20H21N3O2S/c1-13-4-5-17(14(2)10-13)11-23-20(25)26-12-19(22-23)16-6-8-18(9-7-16)21-15(3)24/h4-10H,11-12H2,1-3H3,(H,21,24). The second-order valence-corrected chi connectivity index (χ2v) is 7.27. The molecule has 26 heavy (non-hydrogen) atoms. The van der Waals surface area contributed by atoms with Gasteiger partial charge in [0.05, 0.1) is 12.3 Å². The van der Waals surface area contributed by atoms with Crippen molar-refractivity contribution in [2.75, 3.05) is 11.1 Å². The van der Waals surface area contributed by atoms with E-state index >= 15 is 0 Å². The van der Waals surface area contributed by atoms with Gasteiger partial charge in [0.25, 0.3) is 0 Å². The highest BCUT2D eigenvalue weighted by Gasteiger charge is 2.22. The average Bonchev–Trinajstić information content (AvgIpc) is 2.59. The molecule has 0 spiro atoms. The van der Waals surface area contributed by atoms with Gasteiger partial charge in [0.2, 0.25) is 5.91 Å². The summed E-state index contributed by atoms with van der Waals surface area (Å²) in [6.07, 6.45) is 0. The molecule has 0 unspecified atom stereocenters. The van der Waals surface area contributed by atoms with Crippen molar-refractivity contribution in [3.63, 3.8) is 0 Å². The van der Waals surface area contributed by atoms with Crippen LogP contribution in [-0.4, -0.2) is 27.6 Å². The average molecular weight is 367 g/mol. The first-order chi connectivity index (χ1) is 12.4. The monoisotopic (exact) mass is 367 g/mol. The predicted octanol–water partition coefficient (Wildman–Crippen LogP) is 4.33. The highest BCUT2D eigenvalue weighted by atomic mass is 32.2. The molecule has 0 saturated carbocycles. The van der Waals surface area contributed by atoms with E-state index < -0.39 is 0 Å². The van der Waals surface area contributed by atoms with Gasteiger partial charge in [0, 0.05) is 18.4 Å². The van der Waals surface area contributed by atoms with Crippen LogP contribution in [-0.2, 0) is 11.3 Å². The van der Waals surface area contributed by atoms with Gasteiger partial charge in [-0.05, 0) is 42.7 Å². The maximum atomic E-state index is 12.3. The Morgan fingerprint density at radius 2 is 1.92 bits per heavy atom. The SMILES string of the molecule is CC(=O)Nc1ccc(C2=NN(Cc3ccc(C)cc3C)C(=O)SC2)cc1. The number of rotatable bonds is 4. The van der Waals surface area contributed by atoms with E-state index in [9.17, 15) is 9.59 Å². The van der Waals surface area contributed by atoms with Gasteiger partial charge in [0.1, 0.15) is 0 Å². The molecule has 0 radical (unpaired) electrons. The maximum Gasteiger partial charge on any atom is 0.302 e. The minimum atomic E-state index is -0.103. The molecule has 1 aliphatic rings. The van der Waals surface area contributed by atoms with E-state index in [-0.39, 0.29) is 11.1 Å². The molecule has 0 aromatic heterocycles. The fourth-order valence-corrected chi connectivity index (χ4v) is 3.53. The van der Waals surface area contributed by atoms with Crippen molar-refractivity contribution >= 4 is 34.3 Å². The first kappa shape index (κ1) is 18.2. The number of amides is 2. The van der Waals surface area contributed by atoms with Crippen LogP contribution in [0.1, 0.15) is 29.2 Å². The Bertz CT molecular complexity index is 875. The molecule has 6 heteroatoms. The molecule has 2 amide bonds. The Morgan fingerprint density at radius 1 is 1.19 bits per heavy atom. The van der Waals surface area contributed by atoms with Crippen molar-refractivity contribution in [1.29, 1.82) is 0 Å². The molecule has 0 fully saturated rings. The third-order valence-electron chi connectivity index (χ3n) is 4.14. The number of carbonyl (C=O) groups excluding carboxylic acids is 2. The zero-order chi connectivity index (χ0) is 18.7. The lowest BCUT2D eigenvalue weighted by atomic mass is 10.1. The van der Waals surface area contributed by atoms with Crippen LogP contribution in [0.25, 0.3) is 0 Å². The minimum absolute atomic E-state index is 0.0383. The first-order valence-electron chi connectivity index (χ1n) is 8.38. The first-order valence-corrected chi connectivity index (χ1v) is 9.37. The van der Waals surface area contributed by atoms with Crippen LogP contribution in [0.2, 0.25) is 0 Å². The van der Waals surface area contributed by atoms with Crippen LogP contribution in [0.15, 0.2) is 47.6 Å². The van der Waals surface area contributed by atoms with E-state index in [1.165, 1.54) is 29.3 Å². The van der Waals surface area contributed by atoms with E-state index in [1.807, 2.05) is 24.3 Å². The fraction of sp³-hybridized carbons (Fsp3) is 0.250. The third-order valence-corrected chi connectivity index (χ3v) is 5.02. The fourth-order valence-electron chi connectivity index (χ4n) is 2.79. The van der Waals surface area contributed by atoms with E-state index in [0.717, 1.165) is 28.1 Å².